The van der Waals surface area contributed by atoms with Crippen molar-refractivity contribution in [2.45, 2.75) is 155 Å². The molecule has 0 bridgehead atoms. The van der Waals surface area contributed by atoms with Gasteiger partial charge >= 0.3 is 0 Å². The number of hydrogen-bond donors (Lipinski definition) is 1. The molecule has 1 aromatic rings. The molecule has 6 heteroatoms. The maximum atomic E-state index is 6.27. The number of nitrogen functional groups attached to an aromatic ring is 1. The monoisotopic (exact) mass is 540 g/mol. The third-order valence-corrected chi connectivity index (χ3v) is 9.20. The molecule has 0 saturated carbocycles. The van der Waals surface area contributed by atoms with E-state index in [0.29, 0.717) is 0 Å². The average Bonchev–Trinajstić information content (AvgIpc) is 3.23. The third-order valence-electron chi connectivity index (χ3n) is 7.06. The SMILES string of the molecule is CCCCCCCCCCCCSCCc1nnc(CCSCCCCCCCCCCCC)n1N. The molecule has 36 heavy (non-hydrogen) atoms. The Labute approximate surface area is 233 Å². The lowest BCUT2D eigenvalue weighted by atomic mass is 10.1. The Morgan fingerprint density at radius 1 is 0.472 bits per heavy atom. The lowest BCUT2D eigenvalue weighted by molar-refractivity contribution is 0.563. The Morgan fingerprint density at radius 2 is 0.778 bits per heavy atom. The van der Waals surface area contributed by atoms with Crippen molar-refractivity contribution < 1.29 is 0 Å². The average molecular weight is 541 g/mol. The Morgan fingerprint density at radius 3 is 1.11 bits per heavy atom. The van der Waals surface area contributed by atoms with Gasteiger partial charge in [-0.3, -0.25) is 0 Å². The van der Waals surface area contributed by atoms with E-state index in [1.165, 1.54) is 140 Å². The molecule has 0 unspecified atom stereocenters. The first-order valence-electron chi connectivity index (χ1n) is 15.6. The molecule has 0 aromatic carbocycles. The summed E-state index contributed by atoms with van der Waals surface area (Å²) < 4.78 is 1.75. The minimum Gasteiger partial charge on any atom is -0.336 e. The molecular weight excluding hydrogens is 480 g/mol. The number of nitrogens with two attached hydrogens (primary N) is 1. The highest BCUT2D eigenvalue weighted by Crippen LogP contribution is 2.15. The van der Waals surface area contributed by atoms with Gasteiger partial charge in [-0.2, -0.15) is 23.5 Å². The molecule has 1 rings (SSSR count). The lowest BCUT2D eigenvalue weighted by Crippen LogP contribution is -2.17. The fourth-order valence-electron chi connectivity index (χ4n) is 4.62. The summed E-state index contributed by atoms with van der Waals surface area (Å²) in [4.78, 5) is 0. The van der Waals surface area contributed by atoms with Gasteiger partial charge in [0.1, 0.15) is 0 Å². The van der Waals surface area contributed by atoms with Crippen molar-refractivity contribution in [3.8, 4) is 0 Å². The second-order valence-corrected chi connectivity index (χ2v) is 12.9. The Bertz CT molecular complexity index is 532. The summed E-state index contributed by atoms with van der Waals surface area (Å²) in [7, 11) is 0. The molecule has 1 heterocycles. The van der Waals surface area contributed by atoms with E-state index < -0.39 is 0 Å². The first kappa shape index (κ1) is 33.7. The van der Waals surface area contributed by atoms with Crippen LogP contribution in [0, 0.1) is 0 Å². The number of unbranched alkanes of at least 4 members (excludes halogenated alkanes) is 18. The highest BCUT2D eigenvalue weighted by atomic mass is 32.2. The van der Waals surface area contributed by atoms with Gasteiger partial charge in [-0.1, -0.05) is 129 Å². The Balaban J connectivity index is 1.90. The normalized spacial score (nSPS) is 11.5. The number of hydrogen-bond acceptors (Lipinski definition) is 5. The van der Waals surface area contributed by atoms with E-state index in [1.807, 2.05) is 23.5 Å². The molecule has 2 N–H and O–H groups in total. The summed E-state index contributed by atoms with van der Waals surface area (Å²) >= 11 is 4.08. The van der Waals surface area contributed by atoms with Crippen LogP contribution in [0.5, 0.6) is 0 Å². The van der Waals surface area contributed by atoms with E-state index in [0.717, 1.165) is 36.0 Å². The molecular formula is C30H60N4S2. The van der Waals surface area contributed by atoms with E-state index in [2.05, 4.69) is 24.0 Å². The van der Waals surface area contributed by atoms with Gasteiger partial charge in [0.25, 0.3) is 0 Å². The Hall–Kier alpha value is -0.360. The predicted octanol–water partition coefficient (Wildman–Crippen LogP) is 9.39. The molecule has 0 aliphatic heterocycles. The molecule has 0 atom stereocenters. The summed E-state index contributed by atoms with van der Waals surface area (Å²) in [6, 6.07) is 0. The highest BCUT2D eigenvalue weighted by Gasteiger charge is 2.09. The third kappa shape index (κ3) is 19.7. The summed E-state index contributed by atoms with van der Waals surface area (Å²) in [5.41, 5.74) is 0. The van der Waals surface area contributed by atoms with Crippen molar-refractivity contribution in [1.82, 2.24) is 14.9 Å². The second kappa shape index (κ2) is 26.3. The first-order valence-corrected chi connectivity index (χ1v) is 17.9. The van der Waals surface area contributed by atoms with E-state index >= 15 is 0 Å². The van der Waals surface area contributed by atoms with Crippen molar-refractivity contribution in [2.24, 2.45) is 0 Å². The molecule has 0 spiro atoms. The second-order valence-electron chi connectivity index (χ2n) is 10.5. The number of rotatable bonds is 28. The van der Waals surface area contributed by atoms with Gasteiger partial charge < -0.3 is 5.84 Å². The lowest BCUT2D eigenvalue weighted by Gasteiger charge is -2.05. The van der Waals surface area contributed by atoms with Crippen LogP contribution in [0.1, 0.15) is 154 Å². The van der Waals surface area contributed by atoms with Crippen LogP contribution in [0.15, 0.2) is 0 Å². The molecule has 0 aliphatic carbocycles. The summed E-state index contributed by atoms with van der Waals surface area (Å²) in [5.74, 6) is 12.9. The van der Waals surface area contributed by atoms with E-state index in [-0.39, 0.29) is 0 Å². The molecule has 0 fully saturated rings. The summed E-state index contributed by atoms with van der Waals surface area (Å²) in [6.45, 7) is 4.58. The van der Waals surface area contributed by atoms with Gasteiger partial charge in [0, 0.05) is 24.3 Å². The maximum absolute atomic E-state index is 6.27. The zero-order chi connectivity index (χ0) is 25.9. The van der Waals surface area contributed by atoms with Crippen LogP contribution >= 0.6 is 23.5 Å². The van der Waals surface area contributed by atoms with Gasteiger partial charge in [-0.05, 0) is 24.3 Å². The molecule has 0 radical (unpaired) electrons. The topological polar surface area (TPSA) is 56.7 Å². The van der Waals surface area contributed by atoms with E-state index in [1.54, 1.807) is 4.68 Å². The van der Waals surface area contributed by atoms with Crippen molar-refractivity contribution >= 4 is 23.5 Å². The van der Waals surface area contributed by atoms with Gasteiger partial charge in [-0.15, -0.1) is 10.2 Å². The van der Waals surface area contributed by atoms with Crippen LogP contribution in [0.3, 0.4) is 0 Å². The molecule has 0 aliphatic rings. The maximum Gasteiger partial charge on any atom is 0.152 e. The van der Waals surface area contributed by atoms with Gasteiger partial charge in [0.05, 0.1) is 0 Å². The summed E-state index contributed by atoms with van der Waals surface area (Å²) in [6.07, 6.45) is 30.0. The fourth-order valence-corrected chi connectivity index (χ4v) is 6.49. The largest absolute Gasteiger partial charge is 0.336 e. The standard InChI is InChI=1S/C30H60N4S2/c1-3-5-7-9-11-13-15-17-19-21-25-35-27-23-29-32-33-30(34(29)31)24-28-36-26-22-20-18-16-14-12-10-8-6-4-2/h3-28,31H2,1-2H3. The van der Waals surface area contributed by atoms with Crippen LogP contribution in [0.4, 0.5) is 0 Å². The molecule has 1 aromatic heterocycles. The molecule has 0 saturated heterocycles. The van der Waals surface area contributed by atoms with Crippen molar-refractivity contribution in [2.75, 3.05) is 28.9 Å². The number of aryl methyl sites for hydroxylation is 2. The van der Waals surface area contributed by atoms with Crippen LogP contribution in [-0.2, 0) is 12.8 Å². The Kier molecular flexibility index (Phi) is 24.6. The van der Waals surface area contributed by atoms with Gasteiger partial charge in [-0.25, -0.2) is 4.68 Å². The molecule has 0 amide bonds. The van der Waals surface area contributed by atoms with Crippen LogP contribution in [0.25, 0.3) is 0 Å². The van der Waals surface area contributed by atoms with E-state index in [4.69, 9.17) is 5.84 Å². The highest BCUT2D eigenvalue weighted by molar-refractivity contribution is 7.99. The van der Waals surface area contributed by atoms with Crippen LogP contribution in [0.2, 0.25) is 0 Å². The smallest absolute Gasteiger partial charge is 0.152 e. The van der Waals surface area contributed by atoms with Crippen molar-refractivity contribution in [3.05, 3.63) is 11.6 Å². The zero-order valence-electron chi connectivity index (χ0n) is 24.1. The van der Waals surface area contributed by atoms with Gasteiger partial charge in [0.15, 0.2) is 11.6 Å². The predicted molar refractivity (Wildman–Crippen MR) is 166 cm³/mol. The summed E-state index contributed by atoms with van der Waals surface area (Å²) in [5, 5.41) is 8.71. The van der Waals surface area contributed by atoms with Gasteiger partial charge in [0.2, 0.25) is 0 Å². The number of thioether (sulfide) groups is 2. The molecule has 212 valence electrons. The van der Waals surface area contributed by atoms with E-state index in [9.17, 15) is 0 Å². The van der Waals surface area contributed by atoms with Crippen molar-refractivity contribution in [3.63, 3.8) is 0 Å². The minimum absolute atomic E-state index is 0.928. The quantitative estimate of drug-likeness (QED) is 0.0847. The minimum atomic E-state index is 0.928. The van der Waals surface area contributed by atoms with Crippen LogP contribution < -0.4 is 5.84 Å². The first-order chi connectivity index (χ1) is 17.8. The van der Waals surface area contributed by atoms with Crippen LogP contribution in [-0.4, -0.2) is 37.9 Å². The zero-order valence-corrected chi connectivity index (χ0v) is 25.8. The number of nitrogens with zero attached hydrogens (tertiary/aromatic N) is 3. The van der Waals surface area contributed by atoms with Crippen molar-refractivity contribution in [1.29, 1.82) is 0 Å². The number of aromatic nitrogens is 3. The fraction of sp³-hybridized carbons (Fsp3) is 0.933. The molecule has 4 nitrogen and oxygen atoms in total.